The first kappa shape index (κ1) is 23.5. The summed E-state index contributed by atoms with van der Waals surface area (Å²) in [5.74, 6) is -0.720. The topological polar surface area (TPSA) is 108 Å². The van der Waals surface area contributed by atoms with Gasteiger partial charge in [-0.2, -0.15) is 0 Å². The fourth-order valence-corrected chi connectivity index (χ4v) is 4.02. The third-order valence-electron chi connectivity index (χ3n) is 5.46. The maximum atomic E-state index is 13.2. The van der Waals surface area contributed by atoms with Crippen LogP contribution in [0, 0.1) is 5.92 Å². The second-order valence-electron chi connectivity index (χ2n) is 7.80. The molecule has 0 radical (unpaired) electrons. The van der Waals surface area contributed by atoms with Crippen LogP contribution >= 0.6 is 23.2 Å². The van der Waals surface area contributed by atoms with E-state index in [0.717, 1.165) is 16.7 Å². The van der Waals surface area contributed by atoms with E-state index < -0.39 is 29.0 Å². The summed E-state index contributed by atoms with van der Waals surface area (Å²) in [5, 5.41) is 23.9. The number of alkyl halides is 2. The number of carbonyl (C=O) groups is 1. The summed E-state index contributed by atoms with van der Waals surface area (Å²) in [7, 11) is 0. The van der Waals surface area contributed by atoms with Gasteiger partial charge in [-0.05, 0) is 29.5 Å². The van der Waals surface area contributed by atoms with E-state index in [4.69, 9.17) is 28.9 Å². The van der Waals surface area contributed by atoms with E-state index in [0.29, 0.717) is 12.8 Å². The molecule has 4 atom stereocenters. The first-order chi connectivity index (χ1) is 14.8. The number of benzene rings is 2. The molecule has 1 amide bonds. The molecule has 8 heteroatoms. The van der Waals surface area contributed by atoms with Crippen LogP contribution in [0.3, 0.4) is 0 Å². The number of nitrogens with two attached hydrogens (primary N) is 1. The number of nitrogens with one attached hydrogen (secondary N) is 1. The summed E-state index contributed by atoms with van der Waals surface area (Å²) in [5.41, 5.74) is 8.55. The zero-order chi connectivity index (χ0) is 22.4. The lowest BCUT2D eigenvalue weighted by Gasteiger charge is -2.24. The smallest absolute Gasteiger partial charge is 0.224 e. The van der Waals surface area contributed by atoms with Gasteiger partial charge in [-0.1, -0.05) is 77.8 Å². The Morgan fingerprint density at radius 1 is 1.16 bits per heavy atom. The van der Waals surface area contributed by atoms with Crippen LogP contribution in [0.1, 0.15) is 29.2 Å². The van der Waals surface area contributed by atoms with Gasteiger partial charge >= 0.3 is 0 Å². The second-order valence-corrected chi connectivity index (χ2v) is 8.90. The summed E-state index contributed by atoms with van der Waals surface area (Å²) in [6.07, 6.45) is -0.458. The van der Waals surface area contributed by atoms with E-state index in [-0.39, 0.29) is 24.7 Å². The van der Waals surface area contributed by atoms with Gasteiger partial charge < -0.3 is 21.3 Å². The second kappa shape index (κ2) is 11.0. The van der Waals surface area contributed by atoms with Gasteiger partial charge in [-0.15, -0.1) is 0 Å². The van der Waals surface area contributed by atoms with Crippen LogP contribution in [0.5, 0.6) is 0 Å². The van der Waals surface area contributed by atoms with Crippen molar-refractivity contribution in [1.29, 1.82) is 0 Å². The molecule has 1 aliphatic rings. The Morgan fingerprint density at radius 3 is 2.55 bits per heavy atom. The zero-order valence-corrected chi connectivity index (χ0v) is 18.5. The van der Waals surface area contributed by atoms with Crippen molar-refractivity contribution < 1.29 is 15.0 Å². The molecular weight excluding hydrogens is 437 g/mol. The van der Waals surface area contributed by atoms with Crippen molar-refractivity contribution in [2.24, 2.45) is 16.6 Å². The Labute approximate surface area is 192 Å². The van der Waals surface area contributed by atoms with Crippen molar-refractivity contribution in [3.8, 4) is 0 Å². The van der Waals surface area contributed by atoms with Crippen molar-refractivity contribution >= 4 is 34.9 Å². The molecule has 166 valence electrons. The van der Waals surface area contributed by atoms with Gasteiger partial charge in [0.25, 0.3) is 0 Å². The fraction of sp³-hybridized carbons (Fsp3) is 0.391. The number of amides is 1. The molecule has 0 saturated heterocycles. The van der Waals surface area contributed by atoms with Gasteiger partial charge in [0, 0.05) is 12.3 Å². The van der Waals surface area contributed by atoms with E-state index in [1.807, 2.05) is 54.6 Å². The Hall–Kier alpha value is -2.12. The van der Waals surface area contributed by atoms with Crippen LogP contribution in [0.15, 0.2) is 59.6 Å². The zero-order valence-electron chi connectivity index (χ0n) is 17.0. The number of aliphatic hydroxyl groups excluding tert-OH is 2. The molecule has 5 N–H and O–H groups in total. The van der Waals surface area contributed by atoms with Crippen molar-refractivity contribution in [3.05, 3.63) is 71.3 Å². The molecule has 0 bridgehead atoms. The molecule has 2 aromatic rings. The minimum absolute atomic E-state index is 0.00473. The van der Waals surface area contributed by atoms with Gasteiger partial charge in [-0.3, -0.25) is 9.79 Å². The number of rotatable bonds is 9. The Kier molecular flexibility index (Phi) is 8.32. The number of aliphatic hydroxyl groups is 2. The van der Waals surface area contributed by atoms with Crippen LogP contribution in [0.4, 0.5) is 0 Å². The number of hydrogen-bond donors (Lipinski definition) is 4. The summed E-state index contributed by atoms with van der Waals surface area (Å²) in [6, 6.07) is 16.8. The van der Waals surface area contributed by atoms with Gasteiger partial charge in [0.2, 0.25) is 5.91 Å². The highest BCUT2D eigenvalue weighted by Gasteiger charge is 2.34. The van der Waals surface area contributed by atoms with Gasteiger partial charge in [0.1, 0.15) is 5.84 Å². The van der Waals surface area contributed by atoms with Crippen LogP contribution in [-0.4, -0.2) is 45.5 Å². The lowest BCUT2D eigenvalue weighted by Crippen LogP contribution is -2.40. The number of aliphatic imine (C=N–C) groups is 1. The van der Waals surface area contributed by atoms with E-state index >= 15 is 0 Å². The van der Waals surface area contributed by atoms with Gasteiger partial charge in [-0.25, -0.2) is 0 Å². The molecule has 31 heavy (non-hydrogen) atoms. The van der Waals surface area contributed by atoms with E-state index in [1.54, 1.807) is 0 Å². The molecule has 0 aliphatic heterocycles. The average Bonchev–Trinajstić information content (AvgIpc) is 3.07. The highest BCUT2D eigenvalue weighted by molar-refractivity contribution is 6.54. The monoisotopic (exact) mass is 463 g/mol. The quantitative estimate of drug-likeness (QED) is 0.260. The molecule has 2 aromatic carbocycles. The van der Waals surface area contributed by atoms with Crippen LogP contribution in [0.25, 0.3) is 0 Å². The highest BCUT2D eigenvalue weighted by Crippen LogP contribution is 2.32. The van der Waals surface area contributed by atoms with Crippen molar-refractivity contribution in [1.82, 2.24) is 5.32 Å². The summed E-state index contributed by atoms with van der Waals surface area (Å²) in [6.45, 7) is -0.00473. The standard InChI is InChI=1S/C23H27Cl2N3O3/c24-21(25)22(26)27-13-17(29)11-16(10-14-6-2-1-3-7-14)23(31)28-20-18-9-5-4-8-15(18)12-19(20)30/h1-9,16-17,19-21,29-30H,10-13H2,(H2,26,27)(H,28,31)/t16-,17+,19-,20+/m1/s1. The Morgan fingerprint density at radius 2 is 1.84 bits per heavy atom. The number of nitrogens with zero attached hydrogens (tertiary/aromatic N) is 1. The lowest BCUT2D eigenvalue weighted by molar-refractivity contribution is -0.127. The van der Waals surface area contributed by atoms with E-state index in [2.05, 4.69) is 10.3 Å². The fourth-order valence-electron chi connectivity index (χ4n) is 3.88. The van der Waals surface area contributed by atoms with Crippen molar-refractivity contribution in [2.45, 2.75) is 42.3 Å². The number of halogens is 2. The minimum Gasteiger partial charge on any atom is -0.391 e. The van der Waals surface area contributed by atoms with Crippen LogP contribution < -0.4 is 11.1 Å². The third kappa shape index (κ3) is 6.43. The maximum absolute atomic E-state index is 13.2. The van der Waals surface area contributed by atoms with Crippen molar-refractivity contribution in [3.63, 3.8) is 0 Å². The lowest BCUT2D eigenvalue weighted by atomic mass is 9.92. The Bertz CT molecular complexity index is 908. The van der Waals surface area contributed by atoms with E-state index in [1.165, 1.54) is 0 Å². The van der Waals surface area contributed by atoms with E-state index in [9.17, 15) is 15.0 Å². The molecule has 0 fully saturated rings. The Balaban J connectivity index is 1.72. The molecule has 3 rings (SSSR count). The number of fused-ring (bicyclic) bond motifs is 1. The molecule has 1 aliphatic carbocycles. The largest absolute Gasteiger partial charge is 0.391 e. The molecule has 6 nitrogen and oxygen atoms in total. The molecule has 0 saturated carbocycles. The number of carbonyl (C=O) groups excluding carboxylic acids is 1. The van der Waals surface area contributed by atoms with Crippen LogP contribution in [0.2, 0.25) is 0 Å². The summed E-state index contributed by atoms with van der Waals surface area (Å²) in [4.78, 5) is 16.3. The van der Waals surface area contributed by atoms with Crippen LogP contribution in [-0.2, 0) is 17.6 Å². The highest BCUT2D eigenvalue weighted by atomic mass is 35.5. The third-order valence-corrected chi connectivity index (χ3v) is 5.91. The molecule has 0 spiro atoms. The van der Waals surface area contributed by atoms with Crippen molar-refractivity contribution in [2.75, 3.05) is 6.54 Å². The maximum Gasteiger partial charge on any atom is 0.224 e. The predicted octanol–water partition coefficient (Wildman–Crippen LogP) is 2.53. The SMILES string of the molecule is NC(=NC[C@@H](O)C[C@@H](Cc1ccccc1)C(=O)N[C@H]1c2ccccc2C[C@H]1O)C(Cl)Cl. The number of amidine groups is 1. The molecule has 0 aromatic heterocycles. The minimum atomic E-state index is -0.945. The molecule has 0 heterocycles. The van der Waals surface area contributed by atoms with Gasteiger partial charge in [0.05, 0.1) is 24.8 Å². The summed E-state index contributed by atoms with van der Waals surface area (Å²) >= 11 is 11.3. The molecule has 0 unspecified atom stereocenters. The summed E-state index contributed by atoms with van der Waals surface area (Å²) < 4.78 is 0. The predicted molar refractivity (Wildman–Crippen MR) is 123 cm³/mol. The average molecular weight is 464 g/mol. The number of hydrogen-bond acceptors (Lipinski definition) is 4. The first-order valence-electron chi connectivity index (χ1n) is 10.2. The molecular formula is C23H27Cl2N3O3. The first-order valence-corrected chi connectivity index (χ1v) is 11.1. The normalized spacial score (nSPS) is 20.4. The van der Waals surface area contributed by atoms with Gasteiger partial charge in [0.15, 0.2) is 4.84 Å².